The standard InChI is InChI=1S/C15H16N4O/c20-14-6-11(9-19(14)12-3-4-12)15-17-8-13(18-15)10-2-1-5-16-7-10/h1-2,5,7-8,11-12H,3-4,6,9H2,(H,17,18). The number of nitrogens with one attached hydrogen (secondary N) is 1. The van der Waals surface area contributed by atoms with Gasteiger partial charge in [-0.15, -0.1) is 0 Å². The molecule has 0 aromatic carbocycles. The molecule has 5 nitrogen and oxygen atoms in total. The second kappa shape index (κ2) is 4.44. The number of likely N-dealkylation sites (tertiary alicyclic amines) is 1. The molecular weight excluding hydrogens is 252 g/mol. The zero-order valence-electron chi connectivity index (χ0n) is 11.1. The lowest BCUT2D eigenvalue weighted by atomic mass is 10.1. The number of carbonyl (C=O) groups excluding carboxylic acids is 1. The van der Waals surface area contributed by atoms with E-state index in [1.165, 1.54) is 0 Å². The summed E-state index contributed by atoms with van der Waals surface area (Å²) in [6.45, 7) is 0.809. The van der Waals surface area contributed by atoms with E-state index in [1.54, 1.807) is 6.20 Å². The topological polar surface area (TPSA) is 61.9 Å². The number of H-pyrrole nitrogens is 1. The van der Waals surface area contributed by atoms with Gasteiger partial charge in [0.25, 0.3) is 0 Å². The van der Waals surface area contributed by atoms with E-state index < -0.39 is 0 Å². The third-order valence-corrected chi connectivity index (χ3v) is 4.10. The van der Waals surface area contributed by atoms with Gasteiger partial charge in [0.05, 0.1) is 11.9 Å². The van der Waals surface area contributed by atoms with Crippen LogP contribution in [-0.2, 0) is 4.79 Å². The van der Waals surface area contributed by atoms with Gasteiger partial charge in [0, 0.05) is 42.9 Å². The molecule has 4 rings (SSSR count). The first-order valence-corrected chi connectivity index (χ1v) is 7.06. The zero-order valence-corrected chi connectivity index (χ0v) is 11.1. The molecule has 2 aromatic rings. The number of aromatic nitrogens is 3. The number of hydrogen-bond donors (Lipinski definition) is 1. The van der Waals surface area contributed by atoms with Crippen molar-refractivity contribution in [1.29, 1.82) is 0 Å². The third kappa shape index (κ3) is 1.99. The quantitative estimate of drug-likeness (QED) is 0.925. The molecule has 102 valence electrons. The second-order valence-corrected chi connectivity index (χ2v) is 5.60. The molecule has 0 bridgehead atoms. The van der Waals surface area contributed by atoms with Crippen LogP contribution < -0.4 is 0 Å². The molecule has 1 aliphatic heterocycles. The highest BCUT2D eigenvalue weighted by molar-refractivity contribution is 5.80. The summed E-state index contributed by atoms with van der Waals surface area (Å²) in [6, 6.07) is 4.41. The van der Waals surface area contributed by atoms with E-state index >= 15 is 0 Å². The molecule has 20 heavy (non-hydrogen) atoms. The van der Waals surface area contributed by atoms with Crippen LogP contribution in [0.25, 0.3) is 11.3 Å². The Kier molecular flexibility index (Phi) is 2.58. The minimum Gasteiger partial charge on any atom is -0.342 e. The third-order valence-electron chi connectivity index (χ3n) is 4.10. The first-order valence-electron chi connectivity index (χ1n) is 7.06. The van der Waals surface area contributed by atoms with Crippen molar-refractivity contribution in [3.05, 3.63) is 36.5 Å². The number of pyridine rings is 1. The summed E-state index contributed by atoms with van der Waals surface area (Å²) in [6.07, 6.45) is 8.31. The first-order chi connectivity index (χ1) is 9.81. The Morgan fingerprint density at radius 2 is 2.20 bits per heavy atom. The lowest BCUT2D eigenvalue weighted by Crippen LogP contribution is -2.27. The molecule has 1 saturated carbocycles. The first kappa shape index (κ1) is 11.6. The van der Waals surface area contributed by atoms with Crippen molar-refractivity contribution in [2.75, 3.05) is 6.54 Å². The minimum absolute atomic E-state index is 0.202. The Bertz CT molecular complexity index is 632. The monoisotopic (exact) mass is 268 g/mol. The number of aromatic amines is 1. The summed E-state index contributed by atoms with van der Waals surface area (Å²) < 4.78 is 0. The van der Waals surface area contributed by atoms with Crippen molar-refractivity contribution in [3.63, 3.8) is 0 Å². The fraction of sp³-hybridized carbons (Fsp3) is 0.400. The van der Waals surface area contributed by atoms with Crippen molar-refractivity contribution < 1.29 is 4.79 Å². The van der Waals surface area contributed by atoms with Crippen LogP contribution in [0.3, 0.4) is 0 Å². The number of carbonyl (C=O) groups is 1. The Balaban J connectivity index is 1.55. The molecule has 1 unspecified atom stereocenters. The maximum Gasteiger partial charge on any atom is 0.223 e. The van der Waals surface area contributed by atoms with Gasteiger partial charge in [-0.05, 0) is 25.0 Å². The molecule has 1 N–H and O–H groups in total. The maximum absolute atomic E-state index is 12.0. The number of nitrogens with zero attached hydrogens (tertiary/aromatic N) is 3. The number of imidazole rings is 1. The van der Waals surface area contributed by atoms with Gasteiger partial charge in [-0.25, -0.2) is 4.98 Å². The molecule has 2 aromatic heterocycles. The Morgan fingerprint density at radius 3 is 2.95 bits per heavy atom. The Hall–Kier alpha value is -2.17. The van der Waals surface area contributed by atoms with Gasteiger partial charge in [0.15, 0.2) is 0 Å². The predicted molar refractivity (Wildman–Crippen MR) is 73.9 cm³/mol. The van der Waals surface area contributed by atoms with Gasteiger partial charge in [-0.2, -0.15) is 0 Å². The molecular formula is C15H16N4O. The summed E-state index contributed by atoms with van der Waals surface area (Å²) in [4.78, 5) is 25.9. The molecule has 5 heteroatoms. The molecule has 0 spiro atoms. The molecule has 0 radical (unpaired) electrons. The summed E-state index contributed by atoms with van der Waals surface area (Å²) in [5.74, 6) is 1.39. The largest absolute Gasteiger partial charge is 0.342 e. The lowest BCUT2D eigenvalue weighted by Gasteiger charge is -2.14. The van der Waals surface area contributed by atoms with Crippen molar-refractivity contribution in [1.82, 2.24) is 19.9 Å². The van der Waals surface area contributed by atoms with Crippen molar-refractivity contribution in [2.45, 2.75) is 31.2 Å². The average molecular weight is 268 g/mol. The summed E-state index contributed by atoms with van der Waals surface area (Å²) >= 11 is 0. The number of rotatable bonds is 3. The normalized spacial score (nSPS) is 22.5. The van der Waals surface area contributed by atoms with Crippen molar-refractivity contribution >= 4 is 5.91 Å². The van der Waals surface area contributed by atoms with Crippen LogP contribution in [0.4, 0.5) is 0 Å². The van der Waals surface area contributed by atoms with Gasteiger partial charge in [-0.3, -0.25) is 9.78 Å². The van der Waals surface area contributed by atoms with E-state index in [9.17, 15) is 4.79 Å². The summed E-state index contributed by atoms with van der Waals surface area (Å²) in [5.41, 5.74) is 1.99. The van der Waals surface area contributed by atoms with Crippen molar-refractivity contribution in [2.24, 2.45) is 0 Å². The lowest BCUT2D eigenvalue weighted by molar-refractivity contribution is -0.128. The molecule has 2 aliphatic rings. The van der Waals surface area contributed by atoms with Crippen LogP contribution in [0.2, 0.25) is 0 Å². The highest BCUT2D eigenvalue weighted by Crippen LogP contribution is 2.36. The van der Waals surface area contributed by atoms with E-state index in [2.05, 4.69) is 15.0 Å². The van der Waals surface area contributed by atoms with Gasteiger partial charge in [0.2, 0.25) is 5.91 Å². The molecule has 1 saturated heterocycles. The van der Waals surface area contributed by atoms with Gasteiger partial charge in [-0.1, -0.05) is 0 Å². The molecule has 2 fully saturated rings. The van der Waals surface area contributed by atoms with Crippen LogP contribution >= 0.6 is 0 Å². The van der Waals surface area contributed by atoms with Crippen LogP contribution in [-0.4, -0.2) is 38.3 Å². The molecule has 1 atom stereocenters. The zero-order chi connectivity index (χ0) is 13.5. The highest BCUT2D eigenvalue weighted by atomic mass is 16.2. The van der Waals surface area contributed by atoms with E-state index in [0.29, 0.717) is 12.5 Å². The number of amides is 1. The maximum atomic E-state index is 12.0. The fourth-order valence-corrected chi connectivity index (χ4v) is 2.87. The van der Waals surface area contributed by atoms with Crippen LogP contribution in [0.15, 0.2) is 30.7 Å². The van der Waals surface area contributed by atoms with Crippen LogP contribution in [0.1, 0.15) is 31.0 Å². The van der Waals surface area contributed by atoms with Gasteiger partial charge in [0.1, 0.15) is 5.82 Å². The van der Waals surface area contributed by atoms with Crippen LogP contribution in [0.5, 0.6) is 0 Å². The van der Waals surface area contributed by atoms with Gasteiger partial charge >= 0.3 is 0 Å². The van der Waals surface area contributed by atoms with E-state index in [0.717, 1.165) is 36.5 Å². The summed E-state index contributed by atoms with van der Waals surface area (Å²) in [5, 5.41) is 0. The fourth-order valence-electron chi connectivity index (χ4n) is 2.87. The van der Waals surface area contributed by atoms with E-state index in [-0.39, 0.29) is 11.8 Å². The molecule has 1 amide bonds. The SMILES string of the molecule is O=C1CC(c2ncc(-c3cccnc3)[nH]2)CN1C1CC1. The van der Waals surface area contributed by atoms with Crippen molar-refractivity contribution in [3.8, 4) is 11.3 Å². The molecule has 1 aliphatic carbocycles. The average Bonchev–Trinajstić information content (AvgIpc) is 3.06. The predicted octanol–water partition coefficient (Wildman–Crippen LogP) is 1.95. The van der Waals surface area contributed by atoms with Gasteiger partial charge < -0.3 is 9.88 Å². The highest BCUT2D eigenvalue weighted by Gasteiger charge is 2.40. The minimum atomic E-state index is 0.202. The van der Waals surface area contributed by atoms with E-state index in [1.807, 2.05) is 29.4 Å². The molecule has 3 heterocycles. The Labute approximate surface area is 117 Å². The van der Waals surface area contributed by atoms with Crippen LogP contribution in [0, 0.1) is 0 Å². The smallest absolute Gasteiger partial charge is 0.223 e. The number of hydrogen-bond acceptors (Lipinski definition) is 3. The van der Waals surface area contributed by atoms with E-state index in [4.69, 9.17) is 0 Å². The Morgan fingerprint density at radius 1 is 1.30 bits per heavy atom. The second-order valence-electron chi connectivity index (χ2n) is 5.60. The summed E-state index contributed by atoms with van der Waals surface area (Å²) in [7, 11) is 0.